The molecular formula is C13H16N2O6. The van der Waals surface area contributed by atoms with Crippen molar-refractivity contribution in [1.29, 1.82) is 0 Å². The number of nitro groups is 1. The number of unbranched alkanes of at least 4 members (excludes halogenated alkanes) is 1. The van der Waals surface area contributed by atoms with Crippen LogP contribution in [-0.2, 0) is 14.5 Å². The number of amides is 1. The third kappa shape index (κ3) is 5.19. The van der Waals surface area contributed by atoms with Crippen LogP contribution in [0.5, 0.6) is 0 Å². The Morgan fingerprint density at radius 1 is 1.38 bits per heavy atom. The molecule has 0 saturated carbocycles. The predicted octanol–water partition coefficient (Wildman–Crippen LogP) is 2.25. The Morgan fingerprint density at radius 3 is 2.67 bits per heavy atom. The molecule has 0 aliphatic carbocycles. The highest BCUT2D eigenvalue weighted by atomic mass is 17.0. The molecule has 0 aliphatic rings. The second kappa shape index (κ2) is 7.95. The molecule has 1 amide bonds. The summed E-state index contributed by atoms with van der Waals surface area (Å²) in [7, 11) is 0. The fraction of sp³-hybridized carbons (Fsp3) is 0.385. The lowest BCUT2D eigenvalue weighted by molar-refractivity contribution is -0.384. The van der Waals surface area contributed by atoms with Gasteiger partial charge in [-0.25, -0.2) is 9.63 Å². The van der Waals surface area contributed by atoms with Crippen molar-refractivity contribution in [2.75, 3.05) is 6.61 Å². The van der Waals surface area contributed by atoms with E-state index in [9.17, 15) is 19.7 Å². The molecule has 0 radical (unpaired) electrons. The number of carbonyl (C=O) groups excluding carboxylic acids is 2. The Bertz CT molecular complexity index is 531. The van der Waals surface area contributed by atoms with E-state index >= 15 is 0 Å². The molecule has 0 fully saturated rings. The average Bonchev–Trinajstić information content (AvgIpc) is 2.45. The summed E-state index contributed by atoms with van der Waals surface area (Å²) in [5.41, 5.74) is -0.251. The zero-order valence-electron chi connectivity index (χ0n) is 11.8. The van der Waals surface area contributed by atoms with E-state index < -0.39 is 16.8 Å². The van der Waals surface area contributed by atoms with Crippen molar-refractivity contribution < 1.29 is 24.2 Å². The standard InChI is InChI=1S/C13H16N2O6/c1-3-4-8-20-15(21-10(2)16)13(17)11-6-5-7-12(9-11)14(18)19/h5-7,9H,3-4,8H2,1-2H3. The van der Waals surface area contributed by atoms with Gasteiger partial charge in [-0.05, 0) is 17.7 Å². The van der Waals surface area contributed by atoms with E-state index in [0.29, 0.717) is 11.6 Å². The number of nitrogens with zero attached hydrogens (tertiary/aromatic N) is 2. The van der Waals surface area contributed by atoms with Crippen LogP contribution in [0.1, 0.15) is 37.0 Å². The molecule has 8 heteroatoms. The second-order valence-corrected chi connectivity index (χ2v) is 4.14. The lowest BCUT2D eigenvalue weighted by Crippen LogP contribution is -2.33. The van der Waals surface area contributed by atoms with Crippen molar-refractivity contribution >= 4 is 17.6 Å². The minimum Gasteiger partial charge on any atom is -0.312 e. The van der Waals surface area contributed by atoms with Crippen LogP contribution in [0.4, 0.5) is 5.69 Å². The number of hydroxylamine groups is 2. The monoisotopic (exact) mass is 296 g/mol. The van der Waals surface area contributed by atoms with Crippen LogP contribution in [0, 0.1) is 10.1 Å². The SMILES string of the molecule is CCCCON(OC(C)=O)C(=O)c1cccc([N+](=O)[O-])c1. The van der Waals surface area contributed by atoms with E-state index in [0.717, 1.165) is 19.4 Å². The van der Waals surface area contributed by atoms with E-state index in [1.165, 1.54) is 18.2 Å². The zero-order chi connectivity index (χ0) is 15.8. The van der Waals surface area contributed by atoms with Gasteiger partial charge in [0.05, 0.1) is 17.1 Å². The Hall–Kier alpha value is -2.48. The minimum absolute atomic E-state index is 0.0121. The Morgan fingerprint density at radius 2 is 2.10 bits per heavy atom. The number of hydrogen-bond donors (Lipinski definition) is 0. The van der Waals surface area contributed by atoms with E-state index in [4.69, 9.17) is 4.84 Å². The topological polar surface area (TPSA) is 99.0 Å². The number of hydrogen-bond acceptors (Lipinski definition) is 6. The van der Waals surface area contributed by atoms with E-state index in [1.54, 1.807) is 0 Å². The maximum atomic E-state index is 12.2. The highest BCUT2D eigenvalue weighted by Crippen LogP contribution is 2.15. The molecule has 1 rings (SSSR count). The van der Waals surface area contributed by atoms with Crippen molar-refractivity contribution in [3.63, 3.8) is 0 Å². The molecule has 0 aromatic heterocycles. The lowest BCUT2D eigenvalue weighted by atomic mass is 10.2. The number of nitro benzene ring substituents is 1. The third-order valence-corrected chi connectivity index (χ3v) is 2.39. The lowest BCUT2D eigenvalue weighted by Gasteiger charge is -2.18. The maximum absolute atomic E-state index is 12.2. The summed E-state index contributed by atoms with van der Waals surface area (Å²) in [6, 6.07) is 5.07. The minimum atomic E-state index is -0.787. The Kier molecular flexibility index (Phi) is 6.28. The summed E-state index contributed by atoms with van der Waals surface area (Å²) in [6.07, 6.45) is 1.50. The van der Waals surface area contributed by atoms with E-state index in [-0.39, 0.29) is 17.9 Å². The van der Waals surface area contributed by atoms with Crippen LogP contribution in [0.15, 0.2) is 24.3 Å². The van der Waals surface area contributed by atoms with Gasteiger partial charge in [-0.1, -0.05) is 19.4 Å². The van der Waals surface area contributed by atoms with Gasteiger partial charge in [0, 0.05) is 19.1 Å². The fourth-order valence-electron chi connectivity index (χ4n) is 1.39. The van der Waals surface area contributed by atoms with Crippen LogP contribution >= 0.6 is 0 Å². The molecule has 1 aromatic carbocycles. The van der Waals surface area contributed by atoms with Crippen LogP contribution in [0.3, 0.4) is 0 Å². The first kappa shape index (κ1) is 16.6. The van der Waals surface area contributed by atoms with Crippen LogP contribution in [0.25, 0.3) is 0 Å². The van der Waals surface area contributed by atoms with Gasteiger partial charge in [0.25, 0.3) is 5.69 Å². The first-order chi connectivity index (χ1) is 9.95. The zero-order valence-corrected chi connectivity index (χ0v) is 11.8. The van der Waals surface area contributed by atoms with Crippen molar-refractivity contribution in [1.82, 2.24) is 5.23 Å². The first-order valence-corrected chi connectivity index (χ1v) is 6.36. The van der Waals surface area contributed by atoms with Crippen molar-refractivity contribution in [2.45, 2.75) is 26.7 Å². The van der Waals surface area contributed by atoms with Crippen molar-refractivity contribution in [2.24, 2.45) is 0 Å². The molecule has 0 atom stereocenters. The maximum Gasteiger partial charge on any atom is 0.332 e. The molecule has 0 spiro atoms. The molecule has 114 valence electrons. The summed E-state index contributed by atoms with van der Waals surface area (Å²) in [6.45, 7) is 3.24. The van der Waals surface area contributed by atoms with Crippen LogP contribution in [0.2, 0.25) is 0 Å². The van der Waals surface area contributed by atoms with Gasteiger partial charge >= 0.3 is 11.9 Å². The first-order valence-electron chi connectivity index (χ1n) is 6.36. The van der Waals surface area contributed by atoms with Gasteiger partial charge in [0.15, 0.2) is 0 Å². The molecule has 8 nitrogen and oxygen atoms in total. The predicted molar refractivity (Wildman–Crippen MR) is 71.9 cm³/mol. The van der Waals surface area contributed by atoms with Crippen molar-refractivity contribution in [3.05, 3.63) is 39.9 Å². The van der Waals surface area contributed by atoms with Crippen molar-refractivity contribution in [3.8, 4) is 0 Å². The van der Waals surface area contributed by atoms with Gasteiger partial charge < -0.3 is 4.84 Å². The van der Waals surface area contributed by atoms with Gasteiger partial charge in [0.2, 0.25) is 0 Å². The normalized spacial score (nSPS) is 10.0. The van der Waals surface area contributed by atoms with Gasteiger partial charge in [0.1, 0.15) is 0 Å². The molecule has 0 heterocycles. The largest absolute Gasteiger partial charge is 0.332 e. The highest BCUT2D eigenvalue weighted by molar-refractivity contribution is 5.94. The Balaban J connectivity index is 2.90. The Labute approximate surface area is 121 Å². The summed E-state index contributed by atoms with van der Waals surface area (Å²) in [5, 5.41) is 11.2. The highest BCUT2D eigenvalue weighted by Gasteiger charge is 2.22. The van der Waals surface area contributed by atoms with E-state index in [1.807, 2.05) is 6.92 Å². The van der Waals surface area contributed by atoms with Crippen LogP contribution in [-0.4, -0.2) is 28.6 Å². The smallest absolute Gasteiger partial charge is 0.312 e. The summed E-state index contributed by atoms with van der Waals surface area (Å²) >= 11 is 0. The molecule has 0 unspecified atom stereocenters. The average molecular weight is 296 g/mol. The van der Waals surface area contributed by atoms with Crippen LogP contribution < -0.4 is 0 Å². The summed E-state index contributed by atoms with van der Waals surface area (Å²) < 4.78 is 0. The molecule has 1 aromatic rings. The molecule has 0 N–H and O–H groups in total. The number of benzene rings is 1. The summed E-state index contributed by atoms with van der Waals surface area (Å²) in [5.74, 6) is -1.52. The van der Waals surface area contributed by atoms with Gasteiger partial charge in [-0.2, -0.15) is 0 Å². The second-order valence-electron chi connectivity index (χ2n) is 4.14. The molecule has 0 aliphatic heterocycles. The van der Waals surface area contributed by atoms with E-state index in [2.05, 4.69) is 4.84 Å². The quantitative estimate of drug-likeness (QED) is 0.453. The molecular weight excluding hydrogens is 280 g/mol. The fourth-order valence-corrected chi connectivity index (χ4v) is 1.39. The molecule has 0 saturated heterocycles. The number of carbonyl (C=O) groups is 2. The van der Waals surface area contributed by atoms with Gasteiger partial charge in [-0.3, -0.25) is 14.9 Å². The molecule has 21 heavy (non-hydrogen) atoms. The summed E-state index contributed by atoms with van der Waals surface area (Å²) in [4.78, 5) is 43.0. The van der Waals surface area contributed by atoms with Gasteiger partial charge in [-0.15, -0.1) is 0 Å². The third-order valence-electron chi connectivity index (χ3n) is 2.39. The number of rotatable bonds is 6. The number of non-ortho nitro benzene ring substituents is 1. The molecule has 0 bridgehead atoms.